The highest BCUT2D eigenvalue weighted by Crippen LogP contribution is 2.13. The van der Waals surface area contributed by atoms with E-state index in [-0.39, 0.29) is 0 Å². The molecule has 2 unspecified atom stereocenters. The molecule has 2 N–H and O–H groups in total. The van der Waals surface area contributed by atoms with E-state index in [1.54, 1.807) is 7.11 Å². The van der Waals surface area contributed by atoms with E-state index in [1.165, 1.54) is 6.42 Å². The standard InChI is InChI=1S/C11H25NO2/c1-4-11(10(2)12)6-5-7-14-9-8-13-3/h10-11H,4-9,12H2,1-3H3. The lowest BCUT2D eigenvalue weighted by Gasteiger charge is -2.18. The third-order valence-electron chi connectivity index (χ3n) is 2.56. The van der Waals surface area contributed by atoms with Gasteiger partial charge in [0.15, 0.2) is 0 Å². The number of ether oxygens (including phenoxy) is 2. The summed E-state index contributed by atoms with van der Waals surface area (Å²) in [5.74, 6) is 0.640. The zero-order valence-corrected chi connectivity index (χ0v) is 9.79. The Morgan fingerprint density at radius 1 is 1.21 bits per heavy atom. The van der Waals surface area contributed by atoms with Crippen molar-refractivity contribution in [3.8, 4) is 0 Å². The van der Waals surface area contributed by atoms with Crippen molar-refractivity contribution in [3.63, 3.8) is 0 Å². The van der Waals surface area contributed by atoms with Crippen molar-refractivity contribution in [1.29, 1.82) is 0 Å². The second-order valence-corrected chi connectivity index (χ2v) is 3.77. The Morgan fingerprint density at radius 3 is 2.43 bits per heavy atom. The van der Waals surface area contributed by atoms with Gasteiger partial charge in [-0.1, -0.05) is 13.3 Å². The Morgan fingerprint density at radius 2 is 1.93 bits per heavy atom. The van der Waals surface area contributed by atoms with Crippen LogP contribution >= 0.6 is 0 Å². The van der Waals surface area contributed by atoms with Crippen molar-refractivity contribution in [1.82, 2.24) is 0 Å². The summed E-state index contributed by atoms with van der Waals surface area (Å²) in [5.41, 5.74) is 5.85. The van der Waals surface area contributed by atoms with Gasteiger partial charge < -0.3 is 15.2 Å². The van der Waals surface area contributed by atoms with Crippen molar-refractivity contribution in [2.75, 3.05) is 26.9 Å². The number of methoxy groups -OCH3 is 1. The largest absolute Gasteiger partial charge is 0.382 e. The highest BCUT2D eigenvalue weighted by molar-refractivity contribution is 4.66. The van der Waals surface area contributed by atoms with Crippen LogP contribution in [0.25, 0.3) is 0 Å². The number of nitrogens with two attached hydrogens (primary N) is 1. The zero-order chi connectivity index (χ0) is 10.8. The van der Waals surface area contributed by atoms with Crippen LogP contribution < -0.4 is 5.73 Å². The molecule has 0 bridgehead atoms. The predicted molar refractivity (Wildman–Crippen MR) is 59.4 cm³/mol. The molecule has 3 nitrogen and oxygen atoms in total. The van der Waals surface area contributed by atoms with Gasteiger partial charge in [-0.2, -0.15) is 0 Å². The first-order chi connectivity index (χ1) is 6.72. The maximum absolute atomic E-state index is 5.85. The van der Waals surface area contributed by atoms with E-state index in [2.05, 4.69) is 13.8 Å². The van der Waals surface area contributed by atoms with Gasteiger partial charge in [-0.15, -0.1) is 0 Å². The summed E-state index contributed by atoms with van der Waals surface area (Å²) in [6, 6.07) is 0.305. The molecule has 14 heavy (non-hydrogen) atoms. The molecular formula is C11H25NO2. The Bertz CT molecular complexity index is 118. The van der Waals surface area contributed by atoms with Crippen molar-refractivity contribution < 1.29 is 9.47 Å². The number of hydrogen-bond acceptors (Lipinski definition) is 3. The third kappa shape index (κ3) is 7.30. The van der Waals surface area contributed by atoms with Gasteiger partial charge in [-0.05, 0) is 25.7 Å². The smallest absolute Gasteiger partial charge is 0.0700 e. The zero-order valence-electron chi connectivity index (χ0n) is 9.79. The highest BCUT2D eigenvalue weighted by atomic mass is 16.5. The Kier molecular flexibility index (Phi) is 9.35. The Labute approximate surface area is 88.0 Å². The van der Waals surface area contributed by atoms with E-state index in [1.807, 2.05) is 0 Å². The van der Waals surface area contributed by atoms with Gasteiger partial charge in [0.2, 0.25) is 0 Å². The van der Waals surface area contributed by atoms with Gasteiger partial charge in [0.25, 0.3) is 0 Å². The van der Waals surface area contributed by atoms with Crippen molar-refractivity contribution in [2.24, 2.45) is 11.7 Å². The van der Waals surface area contributed by atoms with Crippen LogP contribution in [0.1, 0.15) is 33.1 Å². The SMILES string of the molecule is CCC(CCCOCCOC)C(C)N. The predicted octanol–water partition coefficient (Wildman–Crippen LogP) is 1.80. The van der Waals surface area contributed by atoms with Crippen LogP contribution in [0, 0.1) is 5.92 Å². The van der Waals surface area contributed by atoms with E-state index in [0.717, 1.165) is 19.4 Å². The number of rotatable bonds is 9. The van der Waals surface area contributed by atoms with Crippen molar-refractivity contribution in [3.05, 3.63) is 0 Å². The van der Waals surface area contributed by atoms with Gasteiger partial charge in [0.1, 0.15) is 0 Å². The molecule has 2 atom stereocenters. The topological polar surface area (TPSA) is 44.5 Å². The molecule has 0 fully saturated rings. The second kappa shape index (κ2) is 9.44. The van der Waals surface area contributed by atoms with Crippen molar-refractivity contribution >= 4 is 0 Å². The van der Waals surface area contributed by atoms with E-state index >= 15 is 0 Å². The molecule has 0 aromatic carbocycles. The average Bonchev–Trinajstić information content (AvgIpc) is 2.16. The first-order valence-electron chi connectivity index (χ1n) is 5.54. The van der Waals surface area contributed by atoms with E-state index in [4.69, 9.17) is 15.2 Å². The molecule has 0 rings (SSSR count). The fourth-order valence-corrected chi connectivity index (χ4v) is 1.53. The fraction of sp³-hybridized carbons (Fsp3) is 1.00. The highest BCUT2D eigenvalue weighted by Gasteiger charge is 2.10. The van der Waals surface area contributed by atoms with Gasteiger partial charge in [-0.25, -0.2) is 0 Å². The molecule has 0 aromatic rings. The average molecular weight is 203 g/mol. The lowest BCUT2D eigenvalue weighted by atomic mass is 9.94. The lowest BCUT2D eigenvalue weighted by molar-refractivity contribution is 0.0667. The maximum atomic E-state index is 5.85. The minimum absolute atomic E-state index is 0.305. The first-order valence-corrected chi connectivity index (χ1v) is 5.54. The molecule has 0 aromatic heterocycles. The van der Waals surface area contributed by atoms with Gasteiger partial charge in [0, 0.05) is 19.8 Å². The minimum Gasteiger partial charge on any atom is -0.382 e. The Balaban J connectivity index is 3.25. The molecule has 0 saturated heterocycles. The van der Waals surface area contributed by atoms with E-state index < -0.39 is 0 Å². The molecule has 0 aliphatic rings. The molecule has 0 spiro atoms. The monoisotopic (exact) mass is 203 g/mol. The number of hydrogen-bond donors (Lipinski definition) is 1. The van der Waals surface area contributed by atoms with E-state index in [0.29, 0.717) is 25.2 Å². The van der Waals surface area contributed by atoms with Gasteiger partial charge in [0.05, 0.1) is 13.2 Å². The summed E-state index contributed by atoms with van der Waals surface area (Å²) < 4.78 is 10.3. The quantitative estimate of drug-likeness (QED) is 0.581. The fourth-order valence-electron chi connectivity index (χ4n) is 1.53. The molecule has 0 aliphatic heterocycles. The van der Waals surface area contributed by atoms with Crippen LogP contribution in [-0.2, 0) is 9.47 Å². The van der Waals surface area contributed by atoms with Crippen LogP contribution in [0.2, 0.25) is 0 Å². The molecule has 0 heterocycles. The van der Waals surface area contributed by atoms with E-state index in [9.17, 15) is 0 Å². The summed E-state index contributed by atoms with van der Waals surface area (Å²) in [6.07, 6.45) is 3.43. The Hall–Kier alpha value is -0.120. The summed E-state index contributed by atoms with van der Waals surface area (Å²) in [5, 5.41) is 0. The normalized spacial score (nSPS) is 15.4. The lowest BCUT2D eigenvalue weighted by Crippen LogP contribution is -2.26. The molecule has 86 valence electrons. The third-order valence-corrected chi connectivity index (χ3v) is 2.56. The van der Waals surface area contributed by atoms with Gasteiger partial charge in [-0.3, -0.25) is 0 Å². The maximum Gasteiger partial charge on any atom is 0.0700 e. The second-order valence-electron chi connectivity index (χ2n) is 3.77. The first kappa shape index (κ1) is 13.9. The van der Waals surface area contributed by atoms with Crippen molar-refractivity contribution in [2.45, 2.75) is 39.2 Å². The summed E-state index contributed by atoms with van der Waals surface area (Å²) >= 11 is 0. The van der Waals surface area contributed by atoms with Crippen LogP contribution in [-0.4, -0.2) is 33.0 Å². The molecule has 0 saturated carbocycles. The summed E-state index contributed by atoms with van der Waals surface area (Å²) in [4.78, 5) is 0. The van der Waals surface area contributed by atoms with Crippen LogP contribution in [0.15, 0.2) is 0 Å². The van der Waals surface area contributed by atoms with Crippen LogP contribution in [0.5, 0.6) is 0 Å². The molecule has 0 amide bonds. The van der Waals surface area contributed by atoms with Crippen LogP contribution in [0.3, 0.4) is 0 Å². The molecular weight excluding hydrogens is 178 g/mol. The van der Waals surface area contributed by atoms with Crippen LogP contribution in [0.4, 0.5) is 0 Å². The minimum atomic E-state index is 0.305. The summed E-state index contributed by atoms with van der Waals surface area (Å²) in [7, 11) is 1.69. The molecule has 3 heteroatoms. The molecule has 0 aliphatic carbocycles. The summed E-state index contributed by atoms with van der Waals surface area (Å²) in [6.45, 7) is 6.49. The van der Waals surface area contributed by atoms with Gasteiger partial charge >= 0.3 is 0 Å². The molecule has 0 radical (unpaired) electrons.